The summed E-state index contributed by atoms with van der Waals surface area (Å²) in [6, 6.07) is 0. The van der Waals surface area contributed by atoms with E-state index in [2.05, 4.69) is 0 Å². The fraction of sp³-hybridized carbons (Fsp3) is 1.00. The normalized spacial score (nSPS) is 18.5. The molecule has 0 aliphatic carbocycles. The molecule has 4 heavy (non-hydrogen) atoms. The van der Waals surface area contributed by atoms with Crippen LogP contribution in [0, 0.1) is 0 Å². The summed E-state index contributed by atoms with van der Waals surface area (Å²) in [5.41, 5.74) is 0. The van der Waals surface area contributed by atoms with Crippen molar-refractivity contribution in [1.82, 2.24) is 0 Å². The Labute approximate surface area is 29.1 Å². The molecular weight excluding hydrogens is 52.0 g/mol. The van der Waals surface area contributed by atoms with Gasteiger partial charge in [0.25, 0.3) is 0 Å². The predicted molar refractivity (Wildman–Crippen MR) is 17.4 cm³/mol. The van der Waals surface area contributed by atoms with Crippen LogP contribution < -0.4 is 0 Å². The van der Waals surface area contributed by atoms with Crippen LogP contribution in [0.15, 0.2) is 0 Å². The molecule has 0 aliphatic heterocycles. The van der Waals surface area contributed by atoms with Crippen LogP contribution in [0.2, 0.25) is 0 Å². The van der Waals surface area contributed by atoms with Gasteiger partial charge in [-0.3, -0.25) is 0 Å². The summed E-state index contributed by atoms with van der Waals surface area (Å²) in [5, 5.41) is 8.16. The lowest BCUT2D eigenvalue weighted by Gasteiger charge is -1.69. The first-order valence-electron chi connectivity index (χ1n) is 2.28. The van der Waals surface area contributed by atoms with Crippen LogP contribution in [-0.2, 0) is 0 Å². The van der Waals surface area contributed by atoms with Crippen molar-refractivity contribution >= 4 is 0 Å². The van der Waals surface area contributed by atoms with Gasteiger partial charge in [-0.2, -0.15) is 0 Å². The van der Waals surface area contributed by atoms with Crippen LogP contribution >= 0.6 is 0 Å². The molecule has 0 saturated heterocycles. The number of rotatable bonds is 1. The van der Waals surface area contributed by atoms with Gasteiger partial charge >= 0.3 is 0 Å². The van der Waals surface area contributed by atoms with Gasteiger partial charge in [0.15, 0.2) is 0 Å². The Hall–Kier alpha value is -0.0400. The maximum atomic E-state index is 8.16. The number of aliphatic hydroxyl groups is 1. The zero-order valence-corrected chi connectivity index (χ0v) is 2.65. The topological polar surface area (TPSA) is 20.2 Å². The number of hydrogen-bond donors (Lipinski definition) is 1. The summed E-state index contributed by atoms with van der Waals surface area (Å²) in [7, 11) is 0. The predicted octanol–water partition coefficient (Wildman–Crippen LogP) is 0.389. The smallest absolute Gasteiger partial charge is 0.0564 e. The molecule has 0 bridgehead atoms. The van der Waals surface area contributed by atoms with E-state index in [1.807, 2.05) is 0 Å². The molecule has 0 aromatic rings. The van der Waals surface area contributed by atoms with Crippen LogP contribution in [0.5, 0.6) is 0 Å². The molecule has 0 heterocycles. The standard InChI is InChI=1S/C3H8O/c1-2-3-4/h4H,2-3H2,1H3/i3D2. The van der Waals surface area contributed by atoms with E-state index in [1.165, 1.54) is 0 Å². The Balaban J connectivity index is 3.17. The summed E-state index contributed by atoms with van der Waals surface area (Å²) >= 11 is 0. The zero-order valence-electron chi connectivity index (χ0n) is 4.65. The third-order valence-corrected chi connectivity index (χ3v) is 0.158. The minimum Gasteiger partial charge on any atom is -0.396 e. The second-order valence-corrected chi connectivity index (χ2v) is 0.512. The first-order valence-corrected chi connectivity index (χ1v) is 1.28. The molecule has 26 valence electrons. The SMILES string of the molecule is [2H]C([2H])(O)CC. The quantitative estimate of drug-likeness (QED) is 0.466. The van der Waals surface area contributed by atoms with Crippen molar-refractivity contribution in [2.24, 2.45) is 0 Å². The summed E-state index contributed by atoms with van der Waals surface area (Å²) in [4.78, 5) is 0. The molecule has 0 radical (unpaired) electrons. The highest BCUT2D eigenvalue weighted by Crippen LogP contribution is 1.61. The minimum absolute atomic E-state index is 0.160. The molecule has 1 nitrogen and oxygen atoms in total. The van der Waals surface area contributed by atoms with E-state index in [1.54, 1.807) is 6.92 Å². The largest absolute Gasteiger partial charge is 0.396 e. The summed E-state index contributed by atoms with van der Waals surface area (Å²) < 4.78 is 12.8. The van der Waals surface area contributed by atoms with Gasteiger partial charge in [0.1, 0.15) is 0 Å². The lowest BCUT2D eigenvalue weighted by Crippen LogP contribution is -1.69. The Bertz CT molecular complexity index is 38.5. The molecule has 0 aliphatic rings. The second kappa shape index (κ2) is 2.96. The lowest BCUT2D eigenvalue weighted by atomic mass is 10.5. The molecule has 0 atom stereocenters. The molecule has 1 heteroatoms. The van der Waals surface area contributed by atoms with Gasteiger partial charge in [0, 0.05) is 6.56 Å². The van der Waals surface area contributed by atoms with Gasteiger partial charge in [-0.25, -0.2) is 0 Å². The van der Waals surface area contributed by atoms with Crippen molar-refractivity contribution in [3.63, 3.8) is 0 Å². The molecule has 0 amide bonds. The van der Waals surface area contributed by atoms with Crippen molar-refractivity contribution in [3.8, 4) is 0 Å². The highest BCUT2D eigenvalue weighted by atomic mass is 16.2. The average molecular weight is 62.1 g/mol. The molecule has 0 unspecified atom stereocenters. The third-order valence-electron chi connectivity index (χ3n) is 0.158. The van der Waals surface area contributed by atoms with E-state index < -0.39 is 6.56 Å². The average Bonchev–Trinajstić information content (AvgIpc) is 1.35. The number of hydrogen-bond acceptors (Lipinski definition) is 1. The maximum Gasteiger partial charge on any atom is 0.0564 e. The van der Waals surface area contributed by atoms with Gasteiger partial charge in [0.05, 0.1) is 2.74 Å². The Morgan fingerprint density at radius 1 is 2.25 bits per heavy atom. The van der Waals surface area contributed by atoms with Gasteiger partial charge in [-0.05, 0) is 6.42 Å². The highest BCUT2D eigenvalue weighted by Gasteiger charge is 1.57. The van der Waals surface area contributed by atoms with Crippen LogP contribution in [0.3, 0.4) is 0 Å². The Morgan fingerprint density at radius 2 is 2.50 bits per heavy atom. The van der Waals surface area contributed by atoms with E-state index in [9.17, 15) is 0 Å². The van der Waals surface area contributed by atoms with Crippen LogP contribution in [-0.4, -0.2) is 11.7 Å². The summed E-state index contributed by atoms with van der Waals surface area (Å²) in [5.74, 6) is 0. The fourth-order valence-electron chi connectivity index (χ4n) is 0. The summed E-state index contributed by atoms with van der Waals surface area (Å²) in [6.07, 6.45) is 0.160. The molecular formula is C3H8O. The second-order valence-electron chi connectivity index (χ2n) is 0.512. The van der Waals surface area contributed by atoms with Gasteiger partial charge in [0.2, 0.25) is 0 Å². The molecule has 1 N–H and O–H groups in total. The molecule has 0 aromatic carbocycles. The first-order chi connectivity index (χ1) is 2.56. The highest BCUT2D eigenvalue weighted by molar-refractivity contribution is 4.10. The minimum atomic E-state index is -1.96. The van der Waals surface area contributed by atoms with Gasteiger partial charge in [-0.1, -0.05) is 6.92 Å². The van der Waals surface area contributed by atoms with Crippen molar-refractivity contribution in [2.45, 2.75) is 13.3 Å². The fourth-order valence-corrected chi connectivity index (χ4v) is 0. The molecule has 0 saturated carbocycles. The van der Waals surface area contributed by atoms with Gasteiger partial charge < -0.3 is 5.11 Å². The summed E-state index contributed by atoms with van der Waals surface area (Å²) in [6.45, 7) is -0.375. The first kappa shape index (κ1) is 1.41. The lowest BCUT2D eigenvalue weighted by molar-refractivity contribution is 0.295. The van der Waals surface area contributed by atoms with E-state index in [0.717, 1.165) is 0 Å². The zero-order chi connectivity index (χ0) is 5.21. The Kier molecular flexibility index (Phi) is 1.04. The van der Waals surface area contributed by atoms with Crippen molar-refractivity contribution < 1.29 is 7.85 Å². The van der Waals surface area contributed by atoms with Crippen molar-refractivity contribution in [3.05, 3.63) is 0 Å². The van der Waals surface area contributed by atoms with Crippen molar-refractivity contribution in [1.29, 1.82) is 0 Å². The van der Waals surface area contributed by atoms with E-state index in [4.69, 9.17) is 7.85 Å². The van der Waals surface area contributed by atoms with Gasteiger partial charge in [-0.15, -0.1) is 0 Å². The van der Waals surface area contributed by atoms with Crippen LogP contribution in [0.1, 0.15) is 16.1 Å². The molecule has 0 aromatic heterocycles. The van der Waals surface area contributed by atoms with Crippen LogP contribution in [0.25, 0.3) is 0 Å². The molecule has 0 rings (SSSR count). The molecule has 0 fully saturated rings. The monoisotopic (exact) mass is 62.1 g/mol. The van der Waals surface area contributed by atoms with E-state index in [0.29, 0.717) is 0 Å². The van der Waals surface area contributed by atoms with E-state index in [-0.39, 0.29) is 6.42 Å². The van der Waals surface area contributed by atoms with Crippen LogP contribution in [0.4, 0.5) is 0 Å². The van der Waals surface area contributed by atoms with Crippen molar-refractivity contribution in [2.75, 3.05) is 6.56 Å². The Morgan fingerprint density at radius 3 is 2.50 bits per heavy atom. The van der Waals surface area contributed by atoms with E-state index >= 15 is 0 Å². The third kappa shape index (κ3) is 1.96. The maximum absolute atomic E-state index is 8.16. The molecule has 0 spiro atoms.